The lowest BCUT2D eigenvalue weighted by Crippen LogP contribution is -2.24. The molecule has 0 radical (unpaired) electrons. The Balaban J connectivity index is 2.71. The fraction of sp³-hybridized carbons (Fsp3) is 0.533. The summed E-state index contributed by atoms with van der Waals surface area (Å²) in [5, 5.41) is 0. The molecule has 0 saturated heterocycles. The maximum absolute atomic E-state index is 12.1. The van der Waals surface area contributed by atoms with E-state index >= 15 is 0 Å². The summed E-state index contributed by atoms with van der Waals surface area (Å²) in [6, 6.07) is 7.12. The Morgan fingerprint density at radius 3 is 2.00 bits per heavy atom. The van der Waals surface area contributed by atoms with Crippen molar-refractivity contribution >= 4 is 13.7 Å². The first-order chi connectivity index (χ1) is 10.2. The van der Waals surface area contributed by atoms with Crippen LogP contribution >= 0.6 is 7.82 Å². The first-order valence-electron chi connectivity index (χ1n) is 7.20. The standard InChI is InChI=1S/C15H24NO5P/c1-6-19-22(18,20-7-2)21-16-14(17)12-8-10-13(11-9-12)15(3,4)5/h8-11H,6-7H2,1-5H3,(H,16,17). The van der Waals surface area contributed by atoms with Crippen molar-refractivity contribution in [2.24, 2.45) is 0 Å². The van der Waals surface area contributed by atoms with Crippen LogP contribution in [0.2, 0.25) is 0 Å². The Morgan fingerprint density at radius 2 is 1.59 bits per heavy atom. The van der Waals surface area contributed by atoms with Gasteiger partial charge in [0, 0.05) is 5.56 Å². The number of carbonyl (C=O) groups is 1. The summed E-state index contributed by atoms with van der Waals surface area (Å²) in [5.41, 5.74) is 3.63. The largest absolute Gasteiger partial charge is 0.496 e. The Hall–Kier alpha value is -1.20. The number of rotatable bonds is 7. The Morgan fingerprint density at radius 1 is 1.09 bits per heavy atom. The highest BCUT2D eigenvalue weighted by Gasteiger charge is 2.27. The van der Waals surface area contributed by atoms with E-state index in [1.165, 1.54) is 0 Å². The minimum atomic E-state index is -3.76. The predicted molar refractivity (Wildman–Crippen MR) is 84.6 cm³/mol. The molecule has 0 aliphatic rings. The number of phosphoric ester groups is 1. The van der Waals surface area contributed by atoms with Crippen LogP contribution in [0.4, 0.5) is 0 Å². The second kappa shape index (κ2) is 7.88. The lowest BCUT2D eigenvalue weighted by Gasteiger charge is -2.19. The average molecular weight is 329 g/mol. The van der Waals surface area contributed by atoms with E-state index in [1.807, 2.05) is 12.1 Å². The highest BCUT2D eigenvalue weighted by atomic mass is 31.2. The van der Waals surface area contributed by atoms with E-state index in [9.17, 15) is 9.36 Å². The number of hydrogen-bond donors (Lipinski definition) is 1. The quantitative estimate of drug-likeness (QED) is 0.608. The monoisotopic (exact) mass is 329 g/mol. The van der Waals surface area contributed by atoms with E-state index in [0.717, 1.165) is 5.56 Å². The molecular formula is C15H24NO5P. The first-order valence-corrected chi connectivity index (χ1v) is 8.66. The van der Waals surface area contributed by atoms with Crippen LogP contribution in [0.3, 0.4) is 0 Å². The van der Waals surface area contributed by atoms with Crippen LogP contribution in [0.1, 0.15) is 50.5 Å². The van der Waals surface area contributed by atoms with Gasteiger partial charge in [-0.05, 0) is 37.0 Å². The highest BCUT2D eigenvalue weighted by Crippen LogP contribution is 2.48. The third-order valence-electron chi connectivity index (χ3n) is 2.84. The summed E-state index contributed by atoms with van der Waals surface area (Å²) in [6.45, 7) is 9.87. The number of amides is 1. The number of phosphoric acid groups is 1. The van der Waals surface area contributed by atoms with Gasteiger partial charge in [-0.2, -0.15) is 4.62 Å². The zero-order valence-corrected chi connectivity index (χ0v) is 14.6. The van der Waals surface area contributed by atoms with E-state index in [-0.39, 0.29) is 18.6 Å². The zero-order valence-electron chi connectivity index (χ0n) is 13.7. The smallest absolute Gasteiger partial charge is 0.286 e. The molecule has 0 atom stereocenters. The van der Waals surface area contributed by atoms with Crippen LogP contribution in [-0.2, 0) is 23.7 Å². The summed E-state index contributed by atoms with van der Waals surface area (Å²) in [7, 11) is -3.76. The molecule has 1 aromatic carbocycles. The second-order valence-electron chi connectivity index (χ2n) is 5.63. The van der Waals surface area contributed by atoms with E-state index in [0.29, 0.717) is 5.56 Å². The van der Waals surface area contributed by atoms with Crippen molar-refractivity contribution in [1.29, 1.82) is 0 Å². The number of carbonyl (C=O) groups excluding carboxylic acids is 1. The molecule has 0 fully saturated rings. The molecule has 1 aromatic rings. The number of benzene rings is 1. The van der Waals surface area contributed by atoms with Gasteiger partial charge in [0.05, 0.1) is 13.2 Å². The third kappa shape index (κ3) is 5.54. The number of hydrogen-bond acceptors (Lipinski definition) is 5. The molecule has 0 bridgehead atoms. The van der Waals surface area contributed by atoms with Gasteiger partial charge in [0.2, 0.25) is 0 Å². The van der Waals surface area contributed by atoms with Crippen molar-refractivity contribution in [3.05, 3.63) is 35.4 Å². The highest BCUT2D eigenvalue weighted by molar-refractivity contribution is 7.48. The van der Waals surface area contributed by atoms with Gasteiger partial charge in [-0.15, -0.1) is 0 Å². The zero-order chi connectivity index (χ0) is 16.8. The molecule has 1 N–H and O–H groups in total. The van der Waals surface area contributed by atoms with Gasteiger partial charge >= 0.3 is 7.82 Å². The van der Waals surface area contributed by atoms with Crippen molar-refractivity contribution in [2.45, 2.75) is 40.0 Å². The summed E-state index contributed by atoms with van der Waals surface area (Å²) in [4.78, 5) is 12.0. The lowest BCUT2D eigenvalue weighted by molar-refractivity contribution is 0.0539. The third-order valence-corrected chi connectivity index (χ3v) is 4.30. The van der Waals surface area contributed by atoms with Crippen LogP contribution < -0.4 is 5.48 Å². The Kier molecular flexibility index (Phi) is 6.75. The fourth-order valence-corrected chi connectivity index (χ4v) is 2.69. The molecule has 0 saturated carbocycles. The number of nitrogens with one attached hydrogen (secondary N) is 1. The van der Waals surface area contributed by atoms with Crippen molar-refractivity contribution < 1.29 is 23.0 Å². The topological polar surface area (TPSA) is 73.9 Å². The molecule has 0 spiro atoms. The summed E-state index contributed by atoms with van der Waals surface area (Å²) >= 11 is 0. The SMILES string of the molecule is CCOP(=O)(OCC)ONC(=O)c1ccc(C(C)(C)C)cc1. The van der Waals surface area contributed by atoms with Crippen molar-refractivity contribution in [3.8, 4) is 0 Å². The lowest BCUT2D eigenvalue weighted by atomic mass is 9.87. The summed E-state index contributed by atoms with van der Waals surface area (Å²) in [5.74, 6) is -0.514. The van der Waals surface area contributed by atoms with Crippen molar-refractivity contribution in [1.82, 2.24) is 5.48 Å². The molecule has 0 aromatic heterocycles. The molecule has 22 heavy (non-hydrogen) atoms. The second-order valence-corrected chi connectivity index (χ2v) is 7.23. The maximum Gasteiger partial charge on any atom is 0.496 e. The van der Waals surface area contributed by atoms with Gasteiger partial charge in [0.15, 0.2) is 0 Å². The molecule has 0 aliphatic carbocycles. The summed E-state index contributed by atoms with van der Waals surface area (Å²) < 4.78 is 26.7. The van der Waals surface area contributed by atoms with Crippen LogP contribution in [-0.4, -0.2) is 19.1 Å². The van der Waals surface area contributed by atoms with Crippen molar-refractivity contribution in [2.75, 3.05) is 13.2 Å². The van der Waals surface area contributed by atoms with Crippen molar-refractivity contribution in [3.63, 3.8) is 0 Å². The van der Waals surface area contributed by atoms with E-state index in [1.54, 1.807) is 26.0 Å². The first kappa shape index (κ1) is 18.8. The molecule has 1 amide bonds. The molecule has 124 valence electrons. The molecule has 1 rings (SSSR count). The van der Waals surface area contributed by atoms with Crippen LogP contribution in [0, 0.1) is 0 Å². The van der Waals surface area contributed by atoms with Gasteiger partial charge in [-0.1, -0.05) is 32.9 Å². The molecular weight excluding hydrogens is 305 g/mol. The van der Waals surface area contributed by atoms with Gasteiger partial charge in [-0.25, -0.2) is 10.0 Å². The van der Waals surface area contributed by atoms with Crippen LogP contribution in [0.5, 0.6) is 0 Å². The number of hydroxylamine groups is 1. The molecule has 6 nitrogen and oxygen atoms in total. The van der Waals surface area contributed by atoms with Gasteiger partial charge in [0.25, 0.3) is 5.91 Å². The Labute approximate surface area is 131 Å². The predicted octanol–water partition coefficient (Wildman–Crippen LogP) is 3.83. The minimum absolute atomic E-state index is 0.00510. The van der Waals surface area contributed by atoms with Crippen LogP contribution in [0.25, 0.3) is 0 Å². The van der Waals surface area contributed by atoms with Gasteiger partial charge < -0.3 is 0 Å². The molecule has 0 unspecified atom stereocenters. The normalized spacial score (nSPS) is 12.2. The van der Waals surface area contributed by atoms with Crippen LogP contribution in [0.15, 0.2) is 24.3 Å². The molecule has 0 aliphatic heterocycles. The Bertz CT molecular complexity index is 526. The molecule has 0 heterocycles. The minimum Gasteiger partial charge on any atom is -0.286 e. The maximum atomic E-state index is 12.1. The fourth-order valence-electron chi connectivity index (χ4n) is 1.68. The average Bonchev–Trinajstić information content (AvgIpc) is 2.45. The molecule has 7 heteroatoms. The van der Waals surface area contributed by atoms with Gasteiger partial charge in [0.1, 0.15) is 0 Å². The van der Waals surface area contributed by atoms with E-state index in [2.05, 4.69) is 26.3 Å². The van der Waals surface area contributed by atoms with E-state index < -0.39 is 13.7 Å². The summed E-state index contributed by atoms with van der Waals surface area (Å²) in [6.07, 6.45) is 0. The van der Waals surface area contributed by atoms with E-state index in [4.69, 9.17) is 13.7 Å². The van der Waals surface area contributed by atoms with Gasteiger partial charge in [-0.3, -0.25) is 13.8 Å².